The predicted molar refractivity (Wildman–Crippen MR) is 61.6 cm³/mol. The first-order valence-corrected chi connectivity index (χ1v) is 5.90. The molecule has 0 amide bonds. The average Bonchev–Trinajstić information content (AvgIpc) is 2.29. The molecule has 0 atom stereocenters. The normalized spacial score (nSPS) is 25.3. The van der Waals surface area contributed by atoms with Gasteiger partial charge >= 0.3 is 5.97 Å². The summed E-state index contributed by atoms with van der Waals surface area (Å²) in [5, 5.41) is 9.41. The summed E-state index contributed by atoms with van der Waals surface area (Å²) in [6, 6.07) is 5.62. The van der Waals surface area contributed by atoms with Crippen molar-refractivity contribution >= 4 is 17.6 Å². The first-order valence-electron chi connectivity index (χ1n) is 5.52. The molecule has 1 aliphatic rings. The maximum absolute atomic E-state index is 10.8. The molecule has 1 fully saturated rings. The lowest BCUT2D eigenvalue weighted by Gasteiger charge is -2.25. The molecule has 0 saturated heterocycles. The molecule has 1 heterocycles. The first-order chi connectivity index (χ1) is 7.66. The van der Waals surface area contributed by atoms with Crippen LogP contribution in [0.5, 0.6) is 0 Å². The number of carboxylic acid groups (broad SMARTS) is 1. The van der Waals surface area contributed by atoms with Crippen LogP contribution >= 0.6 is 11.6 Å². The van der Waals surface area contributed by atoms with Crippen LogP contribution in [0.1, 0.15) is 37.3 Å². The molecule has 1 saturated carbocycles. The third-order valence-electron chi connectivity index (χ3n) is 3.23. The van der Waals surface area contributed by atoms with Gasteiger partial charge in [0.15, 0.2) is 0 Å². The van der Waals surface area contributed by atoms with Gasteiger partial charge in [0, 0.05) is 11.6 Å². The summed E-state index contributed by atoms with van der Waals surface area (Å²) in [4.78, 5) is 15.1. The monoisotopic (exact) mass is 239 g/mol. The molecule has 0 aromatic carbocycles. The van der Waals surface area contributed by atoms with E-state index in [1.54, 1.807) is 6.07 Å². The van der Waals surface area contributed by atoms with E-state index in [2.05, 4.69) is 4.98 Å². The Kier molecular flexibility index (Phi) is 3.44. The second-order valence-electron chi connectivity index (χ2n) is 4.27. The van der Waals surface area contributed by atoms with E-state index in [4.69, 9.17) is 16.7 Å². The van der Waals surface area contributed by atoms with Crippen molar-refractivity contribution in [2.24, 2.45) is 5.92 Å². The quantitative estimate of drug-likeness (QED) is 0.807. The topological polar surface area (TPSA) is 50.2 Å². The molecule has 1 aromatic rings. The Bertz CT molecular complexity index is 386. The number of hydrogen-bond acceptors (Lipinski definition) is 2. The minimum atomic E-state index is -0.669. The Balaban J connectivity index is 2.01. The van der Waals surface area contributed by atoms with Gasteiger partial charge in [-0.05, 0) is 37.8 Å². The minimum Gasteiger partial charge on any atom is -0.481 e. The largest absolute Gasteiger partial charge is 0.481 e. The van der Waals surface area contributed by atoms with Crippen LogP contribution in [0.3, 0.4) is 0 Å². The standard InChI is InChI=1S/C12H14ClNO2/c13-11-3-1-2-10(14-11)8-4-6-9(7-5-8)12(15)16/h1-3,8-9H,4-7H2,(H,15,16)/t8-,9-. The van der Waals surface area contributed by atoms with E-state index >= 15 is 0 Å². The number of aromatic nitrogens is 1. The number of halogens is 1. The predicted octanol–water partition coefficient (Wildman–Crippen LogP) is 3.09. The number of hydrogen-bond donors (Lipinski definition) is 1. The summed E-state index contributed by atoms with van der Waals surface area (Å²) < 4.78 is 0. The highest BCUT2D eigenvalue weighted by Crippen LogP contribution is 2.35. The number of carbonyl (C=O) groups is 1. The smallest absolute Gasteiger partial charge is 0.306 e. The Morgan fingerprint density at radius 1 is 1.31 bits per heavy atom. The van der Waals surface area contributed by atoms with Crippen LogP contribution < -0.4 is 0 Å². The van der Waals surface area contributed by atoms with Gasteiger partial charge in [-0.1, -0.05) is 17.7 Å². The molecule has 1 aliphatic carbocycles. The summed E-state index contributed by atoms with van der Waals surface area (Å²) >= 11 is 5.84. The highest BCUT2D eigenvalue weighted by Gasteiger charge is 2.27. The highest BCUT2D eigenvalue weighted by molar-refractivity contribution is 6.29. The number of rotatable bonds is 2. The molecule has 0 spiro atoms. The van der Waals surface area contributed by atoms with Gasteiger partial charge in [0.1, 0.15) is 5.15 Å². The fourth-order valence-corrected chi connectivity index (χ4v) is 2.46. The summed E-state index contributed by atoms with van der Waals surface area (Å²) in [7, 11) is 0. The number of pyridine rings is 1. The Labute approximate surface area is 99.5 Å². The fourth-order valence-electron chi connectivity index (χ4n) is 2.29. The van der Waals surface area contributed by atoms with Gasteiger partial charge in [-0.2, -0.15) is 0 Å². The Morgan fingerprint density at radius 3 is 2.56 bits per heavy atom. The lowest BCUT2D eigenvalue weighted by atomic mass is 9.80. The fraction of sp³-hybridized carbons (Fsp3) is 0.500. The summed E-state index contributed by atoms with van der Waals surface area (Å²) in [6.45, 7) is 0. The first kappa shape index (κ1) is 11.4. The van der Waals surface area contributed by atoms with Gasteiger partial charge in [0.05, 0.1) is 5.92 Å². The number of carboxylic acids is 1. The Morgan fingerprint density at radius 2 is 2.00 bits per heavy atom. The van der Waals surface area contributed by atoms with E-state index in [9.17, 15) is 4.79 Å². The van der Waals surface area contributed by atoms with E-state index in [0.717, 1.165) is 31.4 Å². The van der Waals surface area contributed by atoms with Crippen LogP contribution in [0.15, 0.2) is 18.2 Å². The lowest BCUT2D eigenvalue weighted by molar-refractivity contribution is -0.142. The van der Waals surface area contributed by atoms with Crippen molar-refractivity contribution in [3.05, 3.63) is 29.0 Å². The summed E-state index contributed by atoms with van der Waals surface area (Å²) in [5.41, 5.74) is 0.997. The second-order valence-corrected chi connectivity index (χ2v) is 4.66. The zero-order valence-electron chi connectivity index (χ0n) is 8.90. The van der Waals surface area contributed by atoms with Gasteiger partial charge in [0.25, 0.3) is 0 Å². The van der Waals surface area contributed by atoms with Gasteiger partial charge in [-0.25, -0.2) is 4.98 Å². The molecule has 86 valence electrons. The molecule has 4 heteroatoms. The van der Waals surface area contributed by atoms with E-state index in [1.165, 1.54) is 0 Å². The van der Waals surface area contributed by atoms with Gasteiger partial charge in [-0.3, -0.25) is 4.79 Å². The molecule has 3 nitrogen and oxygen atoms in total. The van der Waals surface area contributed by atoms with Gasteiger partial charge in [-0.15, -0.1) is 0 Å². The second kappa shape index (κ2) is 4.83. The van der Waals surface area contributed by atoms with Crippen LogP contribution in [0.4, 0.5) is 0 Å². The molecular weight excluding hydrogens is 226 g/mol. The molecule has 0 unspecified atom stereocenters. The maximum atomic E-state index is 10.8. The summed E-state index contributed by atoms with van der Waals surface area (Å²) in [5.74, 6) is -0.470. The highest BCUT2D eigenvalue weighted by atomic mass is 35.5. The van der Waals surface area contributed by atoms with E-state index in [1.807, 2.05) is 12.1 Å². The van der Waals surface area contributed by atoms with Crippen molar-refractivity contribution in [3.8, 4) is 0 Å². The number of nitrogens with zero attached hydrogens (tertiary/aromatic N) is 1. The van der Waals surface area contributed by atoms with Crippen molar-refractivity contribution in [2.45, 2.75) is 31.6 Å². The van der Waals surface area contributed by atoms with E-state index in [0.29, 0.717) is 11.1 Å². The van der Waals surface area contributed by atoms with Crippen molar-refractivity contribution < 1.29 is 9.90 Å². The molecule has 0 aliphatic heterocycles. The van der Waals surface area contributed by atoms with E-state index < -0.39 is 5.97 Å². The lowest BCUT2D eigenvalue weighted by Crippen LogP contribution is -2.20. The minimum absolute atomic E-state index is 0.171. The van der Waals surface area contributed by atoms with Gasteiger partial charge in [0.2, 0.25) is 0 Å². The third-order valence-corrected chi connectivity index (χ3v) is 3.44. The maximum Gasteiger partial charge on any atom is 0.306 e. The molecule has 0 radical (unpaired) electrons. The summed E-state index contributed by atoms with van der Waals surface area (Å²) in [6.07, 6.45) is 3.27. The third kappa shape index (κ3) is 2.53. The van der Waals surface area contributed by atoms with Crippen molar-refractivity contribution in [1.82, 2.24) is 4.98 Å². The molecule has 2 rings (SSSR count). The van der Waals surface area contributed by atoms with Crippen LogP contribution in [-0.4, -0.2) is 16.1 Å². The van der Waals surface area contributed by atoms with Crippen LogP contribution in [0, 0.1) is 5.92 Å². The molecule has 1 N–H and O–H groups in total. The Hall–Kier alpha value is -1.09. The van der Waals surface area contributed by atoms with Crippen LogP contribution in [0.2, 0.25) is 5.15 Å². The SMILES string of the molecule is O=C(O)[C@H]1CC[C@H](c2cccc(Cl)n2)CC1. The molecule has 0 bridgehead atoms. The van der Waals surface area contributed by atoms with Crippen molar-refractivity contribution in [3.63, 3.8) is 0 Å². The zero-order valence-corrected chi connectivity index (χ0v) is 9.65. The van der Waals surface area contributed by atoms with Crippen molar-refractivity contribution in [1.29, 1.82) is 0 Å². The molecular formula is C12H14ClNO2. The molecule has 1 aromatic heterocycles. The van der Waals surface area contributed by atoms with Crippen molar-refractivity contribution in [2.75, 3.05) is 0 Å². The van der Waals surface area contributed by atoms with Gasteiger partial charge < -0.3 is 5.11 Å². The number of aliphatic carboxylic acids is 1. The molecule has 16 heavy (non-hydrogen) atoms. The van der Waals surface area contributed by atoms with E-state index in [-0.39, 0.29) is 5.92 Å². The van der Waals surface area contributed by atoms with Crippen LogP contribution in [-0.2, 0) is 4.79 Å². The zero-order chi connectivity index (χ0) is 11.5. The average molecular weight is 240 g/mol. The van der Waals surface area contributed by atoms with Crippen LogP contribution in [0.25, 0.3) is 0 Å².